The molecule has 0 aliphatic heterocycles. The molecule has 2 rings (SSSR count). The van der Waals surface area contributed by atoms with Gasteiger partial charge < -0.3 is 14.8 Å². The highest BCUT2D eigenvalue weighted by atomic mass is 19.3. The smallest absolute Gasteiger partial charge is 0.387 e. The molecule has 0 unspecified atom stereocenters. The molecule has 0 saturated carbocycles. The van der Waals surface area contributed by atoms with Crippen LogP contribution < -0.4 is 14.8 Å². The number of ether oxygens (including phenoxy) is 2. The third-order valence-corrected chi connectivity index (χ3v) is 2.96. The van der Waals surface area contributed by atoms with Crippen molar-refractivity contribution >= 4 is 17.3 Å². The molecule has 0 aliphatic carbocycles. The summed E-state index contributed by atoms with van der Waals surface area (Å²) >= 11 is 0. The van der Waals surface area contributed by atoms with Gasteiger partial charge in [-0.25, -0.2) is 0 Å². The lowest BCUT2D eigenvalue weighted by atomic mass is 10.2. The molecule has 24 heavy (non-hydrogen) atoms. The van der Waals surface area contributed by atoms with Crippen LogP contribution in [0.4, 0.5) is 20.2 Å². The van der Waals surface area contributed by atoms with Crippen LogP contribution in [0.1, 0.15) is 10.4 Å². The molecule has 0 heterocycles. The van der Waals surface area contributed by atoms with Gasteiger partial charge in [-0.1, -0.05) is 6.07 Å². The third kappa shape index (κ3) is 4.15. The zero-order chi connectivity index (χ0) is 17.7. The number of nitrogens with one attached hydrogen (secondary N) is 1. The summed E-state index contributed by atoms with van der Waals surface area (Å²) in [6.45, 7) is -3.01. The predicted octanol–water partition coefficient (Wildman–Crippen LogP) is 3.46. The Morgan fingerprint density at radius 3 is 2.62 bits per heavy atom. The minimum absolute atomic E-state index is 0.0432. The number of rotatable bonds is 6. The summed E-state index contributed by atoms with van der Waals surface area (Å²) in [7, 11) is 1.34. The van der Waals surface area contributed by atoms with E-state index in [1.54, 1.807) is 0 Å². The van der Waals surface area contributed by atoms with Crippen LogP contribution in [0.25, 0.3) is 0 Å². The van der Waals surface area contributed by atoms with Gasteiger partial charge in [0.25, 0.3) is 11.6 Å². The summed E-state index contributed by atoms with van der Waals surface area (Å²) in [5.74, 6) is -0.619. The number of non-ortho nitro benzene ring substituents is 1. The maximum Gasteiger partial charge on any atom is 0.387 e. The number of nitro groups is 1. The fraction of sp³-hybridized carbons (Fsp3) is 0.133. The first-order chi connectivity index (χ1) is 11.4. The molecule has 0 spiro atoms. The summed E-state index contributed by atoms with van der Waals surface area (Å²) in [6.07, 6.45) is 0. The summed E-state index contributed by atoms with van der Waals surface area (Å²) < 4.78 is 33.7. The van der Waals surface area contributed by atoms with E-state index in [0.29, 0.717) is 0 Å². The molecule has 0 bridgehead atoms. The summed E-state index contributed by atoms with van der Waals surface area (Å²) in [4.78, 5) is 22.4. The summed E-state index contributed by atoms with van der Waals surface area (Å²) in [6, 6.07) is 8.86. The van der Waals surface area contributed by atoms with Crippen LogP contribution in [-0.4, -0.2) is 24.6 Å². The van der Waals surface area contributed by atoms with Gasteiger partial charge in [0.2, 0.25) is 0 Å². The predicted molar refractivity (Wildman–Crippen MR) is 80.7 cm³/mol. The highest BCUT2D eigenvalue weighted by molar-refractivity contribution is 6.05. The van der Waals surface area contributed by atoms with Crippen molar-refractivity contribution in [1.82, 2.24) is 0 Å². The molecule has 0 saturated heterocycles. The fourth-order valence-electron chi connectivity index (χ4n) is 1.92. The number of hydrogen-bond donors (Lipinski definition) is 1. The molecular weight excluding hydrogens is 326 g/mol. The standard InChI is InChI=1S/C15H12F2N2O5/c1-23-13-6-5-10(19(21)22)8-12(13)18-14(20)9-3-2-4-11(7-9)24-15(16)17/h2-8,15H,1H3,(H,18,20). The molecule has 2 aromatic carbocycles. The Morgan fingerprint density at radius 1 is 1.25 bits per heavy atom. The van der Waals surface area contributed by atoms with Crippen LogP contribution >= 0.6 is 0 Å². The molecule has 1 amide bonds. The molecule has 126 valence electrons. The van der Waals surface area contributed by atoms with Crippen molar-refractivity contribution in [1.29, 1.82) is 0 Å². The number of nitro benzene ring substituents is 1. The lowest BCUT2D eigenvalue weighted by molar-refractivity contribution is -0.384. The van der Waals surface area contributed by atoms with Gasteiger partial charge >= 0.3 is 6.61 Å². The van der Waals surface area contributed by atoms with Crippen molar-refractivity contribution in [3.63, 3.8) is 0 Å². The zero-order valence-corrected chi connectivity index (χ0v) is 12.4. The molecular formula is C15H12F2N2O5. The first-order valence-electron chi connectivity index (χ1n) is 6.59. The van der Waals surface area contributed by atoms with E-state index < -0.39 is 17.4 Å². The first-order valence-corrected chi connectivity index (χ1v) is 6.59. The fourth-order valence-corrected chi connectivity index (χ4v) is 1.92. The van der Waals surface area contributed by atoms with Crippen LogP contribution in [0, 0.1) is 10.1 Å². The van der Waals surface area contributed by atoms with Crippen molar-refractivity contribution in [2.75, 3.05) is 12.4 Å². The maximum absolute atomic E-state index is 12.2. The highest BCUT2D eigenvalue weighted by Gasteiger charge is 2.15. The number of benzene rings is 2. The van der Waals surface area contributed by atoms with Gasteiger partial charge in [-0.15, -0.1) is 0 Å². The monoisotopic (exact) mass is 338 g/mol. The average molecular weight is 338 g/mol. The van der Waals surface area contributed by atoms with Gasteiger partial charge in [-0.2, -0.15) is 8.78 Å². The number of carbonyl (C=O) groups excluding carboxylic acids is 1. The van der Waals surface area contributed by atoms with E-state index in [1.807, 2.05) is 0 Å². The van der Waals surface area contributed by atoms with Crippen molar-refractivity contribution in [3.05, 3.63) is 58.1 Å². The van der Waals surface area contributed by atoms with Gasteiger partial charge in [0.15, 0.2) is 0 Å². The molecule has 0 radical (unpaired) electrons. The zero-order valence-electron chi connectivity index (χ0n) is 12.4. The van der Waals surface area contributed by atoms with Crippen molar-refractivity contribution in [2.24, 2.45) is 0 Å². The number of amides is 1. The quantitative estimate of drug-likeness (QED) is 0.643. The van der Waals surface area contributed by atoms with Crippen LogP contribution in [0.3, 0.4) is 0 Å². The van der Waals surface area contributed by atoms with E-state index in [4.69, 9.17) is 4.74 Å². The van der Waals surface area contributed by atoms with Gasteiger partial charge in [-0.3, -0.25) is 14.9 Å². The second kappa shape index (κ2) is 7.36. The SMILES string of the molecule is COc1ccc([N+](=O)[O-])cc1NC(=O)c1cccc(OC(F)F)c1. The number of hydrogen-bond acceptors (Lipinski definition) is 5. The molecule has 0 aromatic heterocycles. The van der Waals surface area contributed by atoms with E-state index in [1.165, 1.54) is 37.4 Å². The Balaban J connectivity index is 2.26. The van der Waals surface area contributed by atoms with Crippen LogP contribution in [0.15, 0.2) is 42.5 Å². The third-order valence-electron chi connectivity index (χ3n) is 2.96. The lowest BCUT2D eigenvalue weighted by Crippen LogP contribution is -2.13. The number of alkyl halides is 2. The second-order valence-corrected chi connectivity index (χ2v) is 4.50. The van der Waals surface area contributed by atoms with E-state index in [-0.39, 0.29) is 28.4 Å². The average Bonchev–Trinajstić information content (AvgIpc) is 2.54. The van der Waals surface area contributed by atoms with Crippen LogP contribution in [0.5, 0.6) is 11.5 Å². The Morgan fingerprint density at radius 2 is 2.00 bits per heavy atom. The molecule has 0 aliphatic rings. The van der Waals surface area contributed by atoms with Gasteiger partial charge in [0.1, 0.15) is 11.5 Å². The largest absolute Gasteiger partial charge is 0.495 e. The summed E-state index contributed by atoms with van der Waals surface area (Å²) in [5.41, 5.74) is -0.112. The van der Waals surface area contributed by atoms with Crippen molar-refractivity contribution in [3.8, 4) is 11.5 Å². The minimum Gasteiger partial charge on any atom is -0.495 e. The van der Waals surface area contributed by atoms with Crippen LogP contribution in [-0.2, 0) is 0 Å². The Kier molecular flexibility index (Phi) is 5.25. The topological polar surface area (TPSA) is 90.7 Å². The van der Waals surface area contributed by atoms with E-state index in [0.717, 1.165) is 12.1 Å². The van der Waals surface area contributed by atoms with Crippen molar-refractivity contribution in [2.45, 2.75) is 6.61 Å². The van der Waals surface area contributed by atoms with E-state index in [2.05, 4.69) is 10.1 Å². The molecule has 2 aromatic rings. The molecule has 0 fully saturated rings. The second-order valence-electron chi connectivity index (χ2n) is 4.50. The minimum atomic E-state index is -3.01. The molecule has 7 nitrogen and oxygen atoms in total. The van der Waals surface area contributed by atoms with Crippen LogP contribution in [0.2, 0.25) is 0 Å². The Bertz CT molecular complexity index is 767. The lowest BCUT2D eigenvalue weighted by Gasteiger charge is -2.11. The Labute approximate surface area is 135 Å². The van der Waals surface area contributed by atoms with E-state index in [9.17, 15) is 23.7 Å². The number of carbonyl (C=O) groups is 1. The van der Waals surface area contributed by atoms with Gasteiger partial charge in [0.05, 0.1) is 17.7 Å². The molecule has 1 N–H and O–H groups in total. The van der Waals surface area contributed by atoms with Gasteiger partial charge in [-0.05, 0) is 24.3 Å². The van der Waals surface area contributed by atoms with E-state index >= 15 is 0 Å². The van der Waals surface area contributed by atoms with Gasteiger partial charge in [0, 0.05) is 17.7 Å². The molecule has 0 atom stereocenters. The van der Waals surface area contributed by atoms with Crippen molar-refractivity contribution < 1.29 is 28.0 Å². The first kappa shape index (κ1) is 17.1. The number of halogens is 2. The highest BCUT2D eigenvalue weighted by Crippen LogP contribution is 2.29. The number of nitrogens with zero attached hydrogens (tertiary/aromatic N) is 1. The maximum atomic E-state index is 12.2. The number of methoxy groups -OCH3 is 1. The molecule has 9 heteroatoms. The normalized spacial score (nSPS) is 10.3. The Hall–Kier alpha value is -3.23. The summed E-state index contributed by atoms with van der Waals surface area (Å²) in [5, 5.41) is 13.3. The number of anilines is 1.